The molecule has 2 aromatic heterocycles. The molecule has 1 aliphatic rings. The second-order valence-electron chi connectivity index (χ2n) is 4.31. The van der Waals surface area contributed by atoms with Crippen molar-refractivity contribution in [3.63, 3.8) is 0 Å². The van der Waals surface area contributed by atoms with Gasteiger partial charge in [-0.25, -0.2) is 0 Å². The number of hydrogen-bond acceptors (Lipinski definition) is 1. The fraction of sp³-hybridized carbons (Fsp3) is 0.417. The molecule has 0 atom stereocenters. The Morgan fingerprint density at radius 1 is 1.33 bits per heavy atom. The van der Waals surface area contributed by atoms with Crippen LogP contribution in [0.2, 0.25) is 0 Å². The number of aromatic amines is 1. The lowest BCUT2D eigenvalue weighted by Gasteiger charge is -2.10. The zero-order valence-electron chi connectivity index (χ0n) is 8.84. The molecule has 2 heterocycles. The molecule has 0 aliphatic heterocycles. The van der Waals surface area contributed by atoms with Crippen molar-refractivity contribution in [1.82, 2.24) is 9.55 Å². The van der Waals surface area contributed by atoms with E-state index in [-0.39, 0.29) is 5.56 Å². The van der Waals surface area contributed by atoms with Gasteiger partial charge in [-0.15, -0.1) is 0 Å². The highest BCUT2D eigenvalue weighted by Gasteiger charge is 2.16. The van der Waals surface area contributed by atoms with Gasteiger partial charge in [0.05, 0.1) is 0 Å². The molecular weight excluding hydrogens is 188 g/mol. The quantitative estimate of drug-likeness (QED) is 0.694. The third kappa shape index (κ3) is 1.16. The molecule has 0 saturated carbocycles. The van der Waals surface area contributed by atoms with E-state index < -0.39 is 0 Å². The number of nitrogens with zero attached hydrogens (tertiary/aromatic N) is 1. The zero-order valence-corrected chi connectivity index (χ0v) is 8.84. The maximum atomic E-state index is 11.9. The Bertz CT molecular complexity index is 577. The minimum absolute atomic E-state index is 0.0851. The van der Waals surface area contributed by atoms with Crippen LogP contribution in [0, 0.1) is 0 Å². The van der Waals surface area contributed by atoms with E-state index >= 15 is 0 Å². The largest absolute Gasteiger partial charge is 0.354 e. The Labute approximate surface area is 87.7 Å². The maximum Gasteiger partial charge on any atom is 0.274 e. The normalized spacial score (nSPS) is 15.5. The Hall–Kier alpha value is -1.51. The first kappa shape index (κ1) is 8.77. The molecule has 0 radical (unpaired) electrons. The second-order valence-corrected chi connectivity index (χ2v) is 4.31. The van der Waals surface area contributed by atoms with Crippen LogP contribution in [0.4, 0.5) is 0 Å². The number of H-pyrrole nitrogens is 1. The molecule has 1 aliphatic carbocycles. The monoisotopic (exact) mass is 202 g/mol. The number of nitrogens with one attached hydrogen (secondary N) is 1. The molecule has 0 unspecified atom stereocenters. The van der Waals surface area contributed by atoms with Gasteiger partial charge >= 0.3 is 0 Å². The molecule has 3 rings (SSSR count). The van der Waals surface area contributed by atoms with Crippen molar-refractivity contribution in [2.24, 2.45) is 7.05 Å². The Morgan fingerprint density at radius 2 is 2.13 bits per heavy atom. The van der Waals surface area contributed by atoms with Crippen molar-refractivity contribution in [3.05, 3.63) is 33.9 Å². The van der Waals surface area contributed by atoms with Crippen molar-refractivity contribution in [2.75, 3.05) is 0 Å². The van der Waals surface area contributed by atoms with Crippen LogP contribution in [0.1, 0.15) is 24.1 Å². The van der Waals surface area contributed by atoms with Gasteiger partial charge in [-0.2, -0.15) is 0 Å². The van der Waals surface area contributed by atoms with Gasteiger partial charge in [0, 0.05) is 24.3 Å². The maximum absolute atomic E-state index is 11.9. The number of hydrogen-bond donors (Lipinski definition) is 1. The summed E-state index contributed by atoms with van der Waals surface area (Å²) in [7, 11) is 1.79. The van der Waals surface area contributed by atoms with Crippen LogP contribution in [-0.4, -0.2) is 9.55 Å². The smallest absolute Gasteiger partial charge is 0.274 e. The summed E-state index contributed by atoms with van der Waals surface area (Å²) in [6, 6.07) is 2.05. The minimum atomic E-state index is 0.0851. The number of pyridine rings is 1. The van der Waals surface area contributed by atoms with Crippen molar-refractivity contribution in [2.45, 2.75) is 25.7 Å². The van der Waals surface area contributed by atoms with E-state index in [9.17, 15) is 4.79 Å². The Morgan fingerprint density at radius 3 is 3.00 bits per heavy atom. The first-order chi connectivity index (χ1) is 7.27. The highest BCUT2D eigenvalue weighted by atomic mass is 16.1. The predicted octanol–water partition coefficient (Wildman–Crippen LogP) is 1.75. The summed E-state index contributed by atoms with van der Waals surface area (Å²) in [5.74, 6) is 0. The van der Waals surface area contributed by atoms with Crippen LogP contribution >= 0.6 is 0 Å². The third-order valence-corrected chi connectivity index (χ3v) is 3.34. The van der Waals surface area contributed by atoms with E-state index in [2.05, 4.69) is 11.1 Å². The molecule has 3 nitrogen and oxygen atoms in total. The summed E-state index contributed by atoms with van der Waals surface area (Å²) < 4.78 is 1.63. The van der Waals surface area contributed by atoms with Gasteiger partial charge in [-0.05, 0) is 37.3 Å². The van der Waals surface area contributed by atoms with Crippen LogP contribution in [-0.2, 0) is 19.9 Å². The summed E-state index contributed by atoms with van der Waals surface area (Å²) in [5.41, 5.74) is 3.52. The average molecular weight is 202 g/mol. The van der Waals surface area contributed by atoms with E-state index in [0.717, 1.165) is 23.7 Å². The van der Waals surface area contributed by atoms with Gasteiger partial charge in [-0.1, -0.05) is 0 Å². The number of aryl methyl sites for hydroxylation is 3. The number of aromatic nitrogens is 2. The fourth-order valence-corrected chi connectivity index (χ4v) is 2.49. The molecule has 15 heavy (non-hydrogen) atoms. The first-order valence-corrected chi connectivity index (χ1v) is 5.46. The molecule has 3 heteroatoms. The average Bonchev–Trinajstić information content (AvgIpc) is 2.63. The molecule has 0 fully saturated rings. The predicted molar refractivity (Wildman–Crippen MR) is 60.2 cm³/mol. The van der Waals surface area contributed by atoms with Crippen molar-refractivity contribution >= 4 is 10.9 Å². The van der Waals surface area contributed by atoms with Crippen molar-refractivity contribution < 1.29 is 0 Å². The lowest BCUT2D eigenvalue weighted by molar-refractivity contribution is 0.680. The minimum Gasteiger partial charge on any atom is -0.354 e. The van der Waals surface area contributed by atoms with E-state index in [0.29, 0.717) is 0 Å². The van der Waals surface area contributed by atoms with E-state index in [1.54, 1.807) is 11.6 Å². The molecule has 0 aromatic carbocycles. The molecular formula is C12H14N2O. The summed E-state index contributed by atoms with van der Waals surface area (Å²) in [6.07, 6.45) is 6.54. The van der Waals surface area contributed by atoms with Crippen LogP contribution in [0.3, 0.4) is 0 Å². The topological polar surface area (TPSA) is 37.8 Å². The molecule has 2 aromatic rings. The highest BCUT2D eigenvalue weighted by Crippen LogP contribution is 2.26. The molecule has 0 amide bonds. The van der Waals surface area contributed by atoms with Gasteiger partial charge < -0.3 is 9.55 Å². The van der Waals surface area contributed by atoms with Gasteiger partial charge in [-0.3, -0.25) is 4.79 Å². The molecule has 78 valence electrons. The first-order valence-electron chi connectivity index (χ1n) is 5.46. The fourth-order valence-electron chi connectivity index (χ4n) is 2.49. The Balaban J connectivity index is 2.41. The number of fused-ring (bicyclic) bond motifs is 3. The SMILES string of the molecule is Cn1ccc2c3c([nH]c2c1=O)CCCC3. The summed E-state index contributed by atoms with van der Waals surface area (Å²) in [4.78, 5) is 15.2. The van der Waals surface area contributed by atoms with E-state index in [1.165, 1.54) is 24.1 Å². The van der Waals surface area contributed by atoms with Crippen molar-refractivity contribution in [1.29, 1.82) is 0 Å². The van der Waals surface area contributed by atoms with Crippen LogP contribution in [0.15, 0.2) is 17.1 Å². The van der Waals surface area contributed by atoms with Gasteiger partial charge in [0.1, 0.15) is 5.52 Å². The number of rotatable bonds is 0. The Kier molecular flexibility index (Phi) is 1.75. The van der Waals surface area contributed by atoms with Crippen LogP contribution < -0.4 is 5.56 Å². The van der Waals surface area contributed by atoms with Gasteiger partial charge in [0.25, 0.3) is 5.56 Å². The molecule has 1 N–H and O–H groups in total. The van der Waals surface area contributed by atoms with E-state index in [4.69, 9.17) is 0 Å². The van der Waals surface area contributed by atoms with Gasteiger partial charge in [0.15, 0.2) is 0 Å². The molecule has 0 saturated heterocycles. The van der Waals surface area contributed by atoms with E-state index in [1.807, 2.05) is 6.20 Å². The van der Waals surface area contributed by atoms with Crippen LogP contribution in [0.5, 0.6) is 0 Å². The summed E-state index contributed by atoms with van der Waals surface area (Å²) in [6.45, 7) is 0. The van der Waals surface area contributed by atoms with Gasteiger partial charge in [0.2, 0.25) is 0 Å². The van der Waals surface area contributed by atoms with Crippen LogP contribution in [0.25, 0.3) is 10.9 Å². The standard InChI is InChI=1S/C12H14N2O/c1-14-7-6-9-8-4-2-3-5-10(8)13-11(9)12(14)15/h6-7,13H,2-5H2,1H3. The third-order valence-electron chi connectivity index (χ3n) is 3.34. The molecule has 0 spiro atoms. The highest BCUT2D eigenvalue weighted by molar-refractivity contribution is 5.84. The second kappa shape index (κ2) is 2.99. The zero-order chi connectivity index (χ0) is 10.4. The molecule has 0 bridgehead atoms. The van der Waals surface area contributed by atoms with Crippen molar-refractivity contribution in [3.8, 4) is 0 Å². The lowest BCUT2D eigenvalue weighted by atomic mass is 9.96. The summed E-state index contributed by atoms with van der Waals surface area (Å²) in [5, 5.41) is 1.13. The lowest BCUT2D eigenvalue weighted by Crippen LogP contribution is -2.15. The summed E-state index contributed by atoms with van der Waals surface area (Å²) >= 11 is 0.